The maximum atomic E-state index is 11.8. The summed E-state index contributed by atoms with van der Waals surface area (Å²) >= 11 is 0. The molecule has 0 heterocycles. The summed E-state index contributed by atoms with van der Waals surface area (Å²) in [6, 6.07) is 19.1. The second-order valence-corrected chi connectivity index (χ2v) is 4.30. The van der Waals surface area contributed by atoms with Crippen LogP contribution in [0, 0.1) is 0 Å². The second kappa shape index (κ2) is 6.59. The van der Waals surface area contributed by atoms with E-state index in [2.05, 4.69) is 5.32 Å². The van der Waals surface area contributed by atoms with Gasteiger partial charge >= 0.3 is 0 Å². The highest BCUT2D eigenvalue weighted by atomic mass is 16.5. The van der Waals surface area contributed by atoms with Crippen molar-refractivity contribution < 1.29 is 9.53 Å². The van der Waals surface area contributed by atoms with E-state index in [4.69, 9.17) is 4.74 Å². The number of carbonyl (C=O) groups excluding carboxylic acids is 1. The molecule has 0 aliphatic carbocycles. The van der Waals surface area contributed by atoms with E-state index in [1.54, 1.807) is 0 Å². The lowest BCUT2D eigenvalue weighted by Gasteiger charge is -2.14. The number of nitrogens with one attached hydrogen (secondary N) is 1. The van der Waals surface area contributed by atoms with Crippen LogP contribution in [0.15, 0.2) is 60.7 Å². The van der Waals surface area contributed by atoms with Crippen molar-refractivity contribution in [2.75, 3.05) is 6.61 Å². The summed E-state index contributed by atoms with van der Waals surface area (Å²) in [7, 11) is 0. The third-order valence-corrected chi connectivity index (χ3v) is 2.79. The first kappa shape index (κ1) is 13.1. The molecular weight excluding hydrogens is 238 g/mol. The van der Waals surface area contributed by atoms with Crippen LogP contribution in [-0.2, 0) is 4.79 Å². The van der Waals surface area contributed by atoms with E-state index >= 15 is 0 Å². The summed E-state index contributed by atoms with van der Waals surface area (Å²) in [6.07, 6.45) is 0. The molecule has 1 atom stereocenters. The zero-order chi connectivity index (χ0) is 13.5. The molecule has 0 bridgehead atoms. The summed E-state index contributed by atoms with van der Waals surface area (Å²) in [5, 5.41) is 2.90. The van der Waals surface area contributed by atoms with E-state index in [-0.39, 0.29) is 18.6 Å². The van der Waals surface area contributed by atoms with Crippen molar-refractivity contribution >= 4 is 5.91 Å². The van der Waals surface area contributed by atoms with Crippen molar-refractivity contribution in [2.45, 2.75) is 13.0 Å². The SMILES string of the molecule is C[C@@H](NC(=O)COc1ccccc1)c1ccccc1. The number of rotatable bonds is 5. The van der Waals surface area contributed by atoms with E-state index in [1.807, 2.05) is 67.6 Å². The van der Waals surface area contributed by atoms with Crippen molar-refractivity contribution in [3.63, 3.8) is 0 Å². The standard InChI is InChI=1S/C16H17NO2/c1-13(14-8-4-2-5-9-14)17-16(18)12-19-15-10-6-3-7-11-15/h2-11,13H,12H2,1H3,(H,17,18)/t13-/m1/s1. The van der Waals surface area contributed by atoms with Gasteiger partial charge in [0, 0.05) is 0 Å². The number of carbonyl (C=O) groups is 1. The van der Waals surface area contributed by atoms with Gasteiger partial charge in [0.25, 0.3) is 5.91 Å². The highest BCUT2D eigenvalue weighted by molar-refractivity contribution is 5.78. The third-order valence-electron chi connectivity index (χ3n) is 2.79. The number of hydrogen-bond acceptors (Lipinski definition) is 2. The Morgan fingerprint density at radius 2 is 1.63 bits per heavy atom. The molecule has 2 aromatic carbocycles. The Kier molecular flexibility index (Phi) is 4.56. The van der Waals surface area contributed by atoms with Gasteiger partial charge in [0.2, 0.25) is 0 Å². The zero-order valence-electron chi connectivity index (χ0n) is 10.9. The largest absolute Gasteiger partial charge is 0.484 e. The number of amides is 1. The van der Waals surface area contributed by atoms with Gasteiger partial charge in [-0.3, -0.25) is 4.79 Å². The first-order valence-corrected chi connectivity index (χ1v) is 6.28. The molecular formula is C16H17NO2. The second-order valence-electron chi connectivity index (χ2n) is 4.30. The monoisotopic (exact) mass is 255 g/mol. The molecule has 1 N–H and O–H groups in total. The van der Waals surface area contributed by atoms with Crippen LogP contribution in [-0.4, -0.2) is 12.5 Å². The van der Waals surface area contributed by atoms with Crippen LogP contribution in [0.3, 0.4) is 0 Å². The van der Waals surface area contributed by atoms with Crippen molar-refractivity contribution in [1.82, 2.24) is 5.32 Å². The van der Waals surface area contributed by atoms with Gasteiger partial charge in [-0.2, -0.15) is 0 Å². The Hall–Kier alpha value is -2.29. The van der Waals surface area contributed by atoms with Gasteiger partial charge in [0.1, 0.15) is 5.75 Å². The van der Waals surface area contributed by atoms with Crippen molar-refractivity contribution in [3.8, 4) is 5.75 Å². The molecule has 3 heteroatoms. The van der Waals surface area contributed by atoms with Crippen LogP contribution in [0.2, 0.25) is 0 Å². The minimum absolute atomic E-state index is 0.0203. The molecule has 0 fully saturated rings. The minimum atomic E-state index is -0.125. The molecule has 0 aliphatic rings. The fourth-order valence-corrected chi connectivity index (χ4v) is 1.77. The number of para-hydroxylation sites is 1. The normalized spacial score (nSPS) is 11.6. The Labute approximate surface area is 113 Å². The predicted molar refractivity (Wildman–Crippen MR) is 74.9 cm³/mol. The molecule has 0 aromatic heterocycles. The Morgan fingerprint density at radius 1 is 1.05 bits per heavy atom. The third kappa shape index (κ3) is 4.14. The Bertz CT molecular complexity index is 511. The maximum absolute atomic E-state index is 11.8. The predicted octanol–water partition coefficient (Wildman–Crippen LogP) is 2.94. The van der Waals surface area contributed by atoms with Crippen LogP contribution >= 0.6 is 0 Å². The lowest BCUT2D eigenvalue weighted by Crippen LogP contribution is -2.31. The molecule has 2 aromatic rings. The van der Waals surface area contributed by atoms with E-state index in [0.717, 1.165) is 5.56 Å². The fourth-order valence-electron chi connectivity index (χ4n) is 1.77. The Balaban J connectivity index is 1.82. The average Bonchev–Trinajstić information content (AvgIpc) is 2.47. The van der Waals surface area contributed by atoms with Gasteiger partial charge in [-0.05, 0) is 24.6 Å². The molecule has 3 nitrogen and oxygen atoms in total. The van der Waals surface area contributed by atoms with Crippen LogP contribution < -0.4 is 10.1 Å². The van der Waals surface area contributed by atoms with Gasteiger partial charge < -0.3 is 10.1 Å². The molecule has 19 heavy (non-hydrogen) atoms. The van der Waals surface area contributed by atoms with Crippen molar-refractivity contribution in [3.05, 3.63) is 66.2 Å². The van der Waals surface area contributed by atoms with Crippen LogP contribution in [0.1, 0.15) is 18.5 Å². The summed E-state index contributed by atoms with van der Waals surface area (Å²) in [4.78, 5) is 11.8. The van der Waals surface area contributed by atoms with Gasteiger partial charge in [0.15, 0.2) is 6.61 Å². The smallest absolute Gasteiger partial charge is 0.258 e. The molecule has 0 radical (unpaired) electrons. The zero-order valence-corrected chi connectivity index (χ0v) is 10.9. The molecule has 2 rings (SSSR count). The van der Waals surface area contributed by atoms with Crippen molar-refractivity contribution in [2.24, 2.45) is 0 Å². The van der Waals surface area contributed by atoms with Crippen LogP contribution in [0.25, 0.3) is 0 Å². The lowest BCUT2D eigenvalue weighted by atomic mass is 10.1. The highest BCUT2D eigenvalue weighted by Gasteiger charge is 2.09. The summed E-state index contributed by atoms with van der Waals surface area (Å²) in [6.45, 7) is 1.98. The fraction of sp³-hybridized carbons (Fsp3) is 0.188. The first-order valence-electron chi connectivity index (χ1n) is 6.28. The summed E-state index contributed by atoms with van der Waals surface area (Å²) in [5.41, 5.74) is 1.08. The first-order chi connectivity index (χ1) is 9.25. The minimum Gasteiger partial charge on any atom is -0.484 e. The van der Waals surface area contributed by atoms with Crippen LogP contribution in [0.4, 0.5) is 0 Å². The van der Waals surface area contributed by atoms with Gasteiger partial charge in [-0.25, -0.2) is 0 Å². The van der Waals surface area contributed by atoms with E-state index in [0.29, 0.717) is 5.75 Å². The van der Waals surface area contributed by atoms with Crippen molar-refractivity contribution in [1.29, 1.82) is 0 Å². The number of benzene rings is 2. The highest BCUT2D eigenvalue weighted by Crippen LogP contribution is 2.11. The molecule has 0 spiro atoms. The molecule has 0 saturated carbocycles. The molecule has 0 saturated heterocycles. The van der Waals surface area contributed by atoms with E-state index < -0.39 is 0 Å². The van der Waals surface area contributed by atoms with E-state index in [9.17, 15) is 4.79 Å². The average molecular weight is 255 g/mol. The van der Waals surface area contributed by atoms with Crippen LogP contribution in [0.5, 0.6) is 5.75 Å². The quantitative estimate of drug-likeness (QED) is 0.892. The number of ether oxygens (including phenoxy) is 1. The van der Waals surface area contributed by atoms with E-state index in [1.165, 1.54) is 0 Å². The maximum Gasteiger partial charge on any atom is 0.258 e. The molecule has 0 unspecified atom stereocenters. The summed E-state index contributed by atoms with van der Waals surface area (Å²) in [5.74, 6) is 0.574. The van der Waals surface area contributed by atoms with Gasteiger partial charge in [-0.1, -0.05) is 48.5 Å². The molecule has 1 amide bonds. The van der Waals surface area contributed by atoms with Gasteiger partial charge in [0.05, 0.1) is 6.04 Å². The Morgan fingerprint density at radius 3 is 2.26 bits per heavy atom. The molecule has 98 valence electrons. The number of hydrogen-bond donors (Lipinski definition) is 1. The summed E-state index contributed by atoms with van der Waals surface area (Å²) < 4.78 is 5.39. The lowest BCUT2D eigenvalue weighted by molar-refractivity contribution is -0.123. The van der Waals surface area contributed by atoms with Gasteiger partial charge in [-0.15, -0.1) is 0 Å². The molecule has 0 aliphatic heterocycles. The topological polar surface area (TPSA) is 38.3 Å².